The van der Waals surface area contributed by atoms with Crippen molar-refractivity contribution in [1.29, 1.82) is 0 Å². The van der Waals surface area contributed by atoms with Crippen molar-refractivity contribution in [2.75, 3.05) is 31.5 Å². The van der Waals surface area contributed by atoms with E-state index in [4.69, 9.17) is 4.42 Å². The molecule has 0 atom stereocenters. The number of piperazine rings is 1. The number of aryl methyl sites for hydroxylation is 1. The van der Waals surface area contributed by atoms with Crippen LogP contribution < -0.4 is 10.6 Å². The molecule has 2 N–H and O–H groups in total. The Kier molecular flexibility index (Phi) is 3.08. The van der Waals surface area contributed by atoms with Crippen LogP contribution in [0.4, 0.5) is 10.5 Å². The number of benzene rings is 1. The van der Waals surface area contributed by atoms with Gasteiger partial charge in [0.25, 0.3) is 0 Å². The number of urea groups is 1. The third kappa shape index (κ3) is 2.53. The monoisotopic (exact) mass is 260 g/mol. The summed E-state index contributed by atoms with van der Waals surface area (Å²) in [6, 6.07) is 5.41. The number of nitrogens with zero attached hydrogens (tertiary/aromatic N) is 2. The summed E-state index contributed by atoms with van der Waals surface area (Å²) in [5, 5.41) is 6.11. The van der Waals surface area contributed by atoms with E-state index in [1.807, 2.05) is 18.2 Å². The maximum atomic E-state index is 12.1. The molecule has 100 valence electrons. The van der Waals surface area contributed by atoms with E-state index in [9.17, 15) is 4.79 Å². The van der Waals surface area contributed by atoms with E-state index < -0.39 is 0 Å². The van der Waals surface area contributed by atoms with Gasteiger partial charge in [-0.15, -0.1) is 0 Å². The van der Waals surface area contributed by atoms with E-state index in [0.717, 1.165) is 43.0 Å². The second-order valence-electron chi connectivity index (χ2n) is 4.58. The normalized spacial score (nSPS) is 15.7. The quantitative estimate of drug-likeness (QED) is 0.816. The van der Waals surface area contributed by atoms with E-state index in [2.05, 4.69) is 15.6 Å². The van der Waals surface area contributed by atoms with Crippen molar-refractivity contribution >= 4 is 22.8 Å². The van der Waals surface area contributed by atoms with Crippen molar-refractivity contribution in [1.82, 2.24) is 15.2 Å². The first-order valence-electron chi connectivity index (χ1n) is 6.36. The van der Waals surface area contributed by atoms with Crippen molar-refractivity contribution in [2.45, 2.75) is 6.92 Å². The number of fused-ring (bicyclic) bond motifs is 1. The highest BCUT2D eigenvalue weighted by Crippen LogP contribution is 2.19. The summed E-state index contributed by atoms with van der Waals surface area (Å²) in [5.41, 5.74) is 2.23. The van der Waals surface area contributed by atoms with Gasteiger partial charge in [0.1, 0.15) is 5.52 Å². The summed E-state index contributed by atoms with van der Waals surface area (Å²) in [7, 11) is 0. The molecule has 0 spiro atoms. The molecule has 0 saturated carbocycles. The molecule has 1 fully saturated rings. The second-order valence-corrected chi connectivity index (χ2v) is 4.58. The number of hydrogen-bond donors (Lipinski definition) is 2. The number of carbonyl (C=O) groups excluding carboxylic acids is 1. The van der Waals surface area contributed by atoms with Gasteiger partial charge in [0, 0.05) is 38.8 Å². The Morgan fingerprint density at radius 2 is 2.21 bits per heavy atom. The SMILES string of the molecule is Cc1nc2cc(NC(=O)N3CCNCC3)ccc2o1. The number of amides is 2. The minimum atomic E-state index is -0.0685. The Morgan fingerprint density at radius 1 is 1.42 bits per heavy atom. The molecule has 6 nitrogen and oxygen atoms in total. The van der Waals surface area contributed by atoms with E-state index >= 15 is 0 Å². The first-order chi connectivity index (χ1) is 9.22. The fraction of sp³-hybridized carbons (Fsp3) is 0.385. The molecular formula is C13H16N4O2. The maximum absolute atomic E-state index is 12.1. The minimum absolute atomic E-state index is 0.0685. The predicted octanol–water partition coefficient (Wildman–Crippen LogP) is 1.57. The smallest absolute Gasteiger partial charge is 0.321 e. The second kappa shape index (κ2) is 4.89. The average Bonchev–Trinajstić information content (AvgIpc) is 2.79. The van der Waals surface area contributed by atoms with E-state index in [0.29, 0.717) is 5.89 Å². The lowest BCUT2D eigenvalue weighted by Gasteiger charge is -2.27. The first-order valence-corrected chi connectivity index (χ1v) is 6.36. The number of anilines is 1. The zero-order valence-corrected chi connectivity index (χ0v) is 10.8. The molecule has 0 aliphatic carbocycles. The zero-order chi connectivity index (χ0) is 13.2. The van der Waals surface area contributed by atoms with E-state index in [-0.39, 0.29) is 6.03 Å². The zero-order valence-electron chi connectivity index (χ0n) is 10.8. The van der Waals surface area contributed by atoms with Gasteiger partial charge >= 0.3 is 6.03 Å². The highest BCUT2D eigenvalue weighted by Gasteiger charge is 2.16. The molecule has 1 aromatic heterocycles. The standard InChI is InChI=1S/C13H16N4O2/c1-9-15-11-8-10(2-3-12(11)19-9)16-13(18)17-6-4-14-5-7-17/h2-3,8,14H,4-7H2,1H3,(H,16,18). The summed E-state index contributed by atoms with van der Waals surface area (Å²) >= 11 is 0. The highest BCUT2D eigenvalue weighted by molar-refractivity contribution is 5.91. The number of rotatable bonds is 1. The Balaban J connectivity index is 1.74. The fourth-order valence-corrected chi connectivity index (χ4v) is 2.19. The first kappa shape index (κ1) is 12.0. The summed E-state index contributed by atoms with van der Waals surface area (Å²) in [6.45, 7) is 4.96. The van der Waals surface area contributed by atoms with Crippen molar-refractivity contribution in [3.05, 3.63) is 24.1 Å². The Morgan fingerprint density at radius 3 is 3.00 bits per heavy atom. The van der Waals surface area contributed by atoms with Gasteiger partial charge in [0.15, 0.2) is 11.5 Å². The van der Waals surface area contributed by atoms with Crippen LogP contribution in [0.15, 0.2) is 22.6 Å². The van der Waals surface area contributed by atoms with Gasteiger partial charge in [0.2, 0.25) is 0 Å². The molecule has 3 rings (SSSR count). The average molecular weight is 260 g/mol. The van der Waals surface area contributed by atoms with Gasteiger partial charge in [-0.2, -0.15) is 0 Å². The van der Waals surface area contributed by atoms with Gasteiger partial charge in [-0.05, 0) is 18.2 Å². The molecule has 1 aromatic carbocycles. The molecule has 6 heteroatoms. The van der Waals surface area contributed by atoms with Crippen molar-refractivity contribution in [3.8, 4) is 0 Å². The molecule has 1 aliphatic rings. The van der Waals surface area contributed by atoms with Crippen LogP contribution in [-0.2, 0) is 0 Å². The Hall–Kier alpha value is -2.08. The van der Waals surface area contributed by atoms with Crippen LogP contribution in [0.2, 0.25) is 0 Å². The highest BCUT2D eigenvalue weighted by atomic mass is 16.3. The number of carbonyl (C=O) groups is 1. The summed E-state index contributed by atoms with van der Waals surface area (Å²) < 4.78 is 5.40. The van der Waals surface area contributed by atoms with Crippen LogP contribution in [0, 0.1) is 6.92 Å². The molecule has 19 heavy (non-hydrogen) atoms. The number of hydrogen-bond acceptors (Lipinski definition) is 4. The van der Waals surface area contributed by atoms with E-state index in [1.165, 1.54) is 0 Å². The number of aromatic nitrogens is 1. The van der Waals surface area contributed by atoms with Crippen LogP contribution >= 0.6 is 0 Å². The van der Waals surface area contributed by atoms with E-state index in [1.54, 1.807) is 11.8 Å². The molecular weight excluding hydrogens is 244 g/mol. The number of nitrogens with one attached hydrogen (secondary N) is 2. The maximum Gasteiger partial charge on any atom is 0.321 e. The van der Waals surface area contributed by atoms with Gasteiger partial charge in [0.05, 0.1) is 0 Å². The number of oxazole rings is 1. The van der Waals surface area contributed by atoms with Crippen LogP contribution in [0.25, 0.3) is 11.1 Å². The van der Waals surface area contributed by atoms with Crippen LogP contribution in [-0.4, -0.2) is 42.1 Å². The largest absolute Gasteiger partial charge is 0.441 e. The topological polar surface area (TPSA) is 70.4 Å². The fourth-order valence-electron chi connectivity index (χ4n) is 2.19. The summed E-state index contributed by atoms with van der Waals surface area (Å²) in [5.74, 6) is 0.626. The Bertz CT molecular complexity index is 602. The van der Waals surface area contributed by atoms with Crippen LogP contribution in [0.1, 0.15) is 5.89 Å². The van der Waals surface area contributed by atoms with Gasteiger partial charge < -0.3 is 20.0 Å². The third-order valence-corrected chi connectivity index (χ3v) is 3.15. The molecule has 2 heterocycles. The van der Waals surface area contributed by atoms with Crippen molar-refractivity contribution in [3.63, 3.8) is 0 Å². The minimum Gasteiger partial charge on any atom is -0.441 e. The van der Waals surface area contributed by atoms with Crippen LogP contribution in [0.3, 0.4) is 0 Å². The van der Waals surface area contributed by atoms with Gasteiger partial charge in [-0.3, -0.25) is 0 Å². The molecule has 2 amide bonds. The van der Waals surface area contributed by atoms with Crippen molar-refractivity contribution in [2.24, 2.45) is 0 Å². The summed E-state index contributed by atoms with van der Waals surface area (Å²) in [6.07, 6.45) is 0. The summed E-state index contributed by atoms with van der Waals surface area (Å²) in [4.78, 5) is 18.1. The lowest BCUT2D eigenvalue weighted by Crippen LogP contribution is -2.48. The molecule has 0 bridgehead atoms. The molecule has 2 aromatic rings. The van der Waals surface area contributed by atoms with Gasteiger partial charge in [-0.1, -0.05) is 0 Å². The van der Waals surface area contributed by atoms with Crippen LogP contribution in [0.5, 0.6) is 0 Å². The van der Waals surface area contributed by atoms with Gasteiger partial charge in [-0.25, -0.2) is 9.78 Å². The molecule has 1 saturated heterocycles. The molecule has 1 aliphatic heterocycles. The predicted molar refractivity (Wildman–Crippen MR) is 72.2 cm³/mol. The third-order valence-electron chi connectivity index (χ3n) is 3.15. The molecule has 0 unspecified atom stereocenters. The lowest BCUT2D eigenvalue weighted by molar-refractivity contribution is 0.204. The molecule has 0 radical (unpaired) electrons. The van der Waals surface area contributed by atoms with Crippen molar-refractivity contribution < 1.29 is 9.21 Å². The lowest BCUT2D eigenvalue weighted by atomic mass is 10.3. The Labute approximate surface area is 110 Å².